The Morgan fingerprint density at radius 1 is 1.61 bits per heavy atom. The summed E-state index contributed by atoms with van der Waals surface area (Å²) in [6, 6.07) is 2.52. The molecule has 3 rings (SSSR count). The fourth-order valence-electron chi connectivity index (χ4n) is 2.18. The van der Waals surface area contributed by atoms with Crippen LogP contribution in [0.1, 0.15) is 12.7 Å². The molecule has 96 valence electrons. The maximum absolute atomic E-state index is 5.28. The van der Waals surface area contributed by atoms with E-state index in [2.05, 4.69) is 27.3 Å². The summed E-state index contributed by atoms with van der Waals surface area (Å²) in [7, 11) is 0. The van der Waals surface area contributed by atoms with Crippen molar-refractivity contribution in [1.29, 1.82) is 0 Å². The second-order valence-corrected chi connectivity index (χ2v) is 5.40. The first kappa shape index (κ1) is 11.8. The van der Waals surface area contributed by atoms with Gasteiger partial charge in [0.15, 0.2) is 5.82 Å². The van der Waals surface area contributed by atoms with Crippen LogP contribution in [0, 0.1) is 0 Å². The van der Waals surface area contributed by atoms with Gasteiger partial charge in [0.1, 0.15) is 0 Å². The lowest BCUT2D eigenvalue weighted by atomic mass is 10.2. The second kappa shape index (κ2) is 5.17. The van der Waals surface area contributed by atoms with E-state index in [9.17, 15) is 0 Å². The van der Waals surface area contributed by atoms with Gasteiger partial charge in [0, 0.05) is 31.1 Å². The van der Waals surface area contributed by atoms with Gasteiger partial charge in [0.2, 0.25) is 0 Å². The third kappa shape index (κ3) is 2.60. The first-order valence-corrected chi connectivity index (χ1v) is 7.06. The van der Waals surface area contributed by atoms with Crippen molar-refractivity contribution in [2.24, 2.45) is 0 Å². The van der Waals surface area contributed by atoms with Crippen LogP contribution in [-0.4, -0.2) is 40.7 Å². The van der Waals surface area contributed by atoms with Gasteiger partial charge in [-0.1, -0.05) is 5.16 Å². The van der Waals surface area contributed by atoms with Crippen LogP contribution in [0.25, 0.3) is 11.5 Å². The lowest BCUT2D eigenvalue weighted by molar-refractivity contribution is 0.193. The molecular formula is C12H16N4OS. The number of rotatable bonds is 3. The van der Waals surface area contributed by atoms with Gasteiger partial charge in [-0.2, -0.15) is 16.3 Å². The molecule has 0 saturated carbocycles. The largest absolute Gasteiger partial charge is 0.334 e. The molecule has 2 aromatic heterocycles. The summed E-state index contributed by atoms with van der Waals surface area (Å²) in [6.07, 6.45) is 0. The fourth-order valence-corrected chi connectivity index (χ4v) is 2.81. The van der Waals surface area contributed by atoms with Crippen LogP contribution in [0.4, 0.5) is 0 Å². The van der Waals surface area contributed by atoms with Crippen molar-refractivity contribution in [2.45, 2.75) is 19.5 Å². The van der Waals surface area contributed by atoms with Crippen molar-refractivity contribution in [3.8, 4) is 11.5 Å². The zero-order valence-corrected chi connectivity index (χ0v) is 11.1. The molecule has 0 aliphatic carbocycles. The molecule has 1 atom stereocenters. The number of piperazine rings is 1. The summed E-state index contributed by atoms with van der Waals surface area (Å²) in [4.78, 5) is 6.79. The summed E-state index contributed by atoms with van der Waals surface area (Å²) >= 11 is 1.63. The van der Waals surface area contributed by atoms with Gasteiger partial charge in [-0.3, -0.25) is 4.90 Å². The summed E-state index contributed by atoms with van der Waals surface area (Å²) in [5.74, 6) is 1.39. The smallest absolute Gasteiger partial charge is 0.258 e. The Hall–Kier alpha value is -1.24. The number of hydrogen-bond acceptors (Lipinski definition) is 6. The third-order valence-corrected chi connectivity index (χ3v) is 3.74. The maximum Gasteiger partial charge on any atom is 0.258 e. The predicted molar refractivity (Wildman–Crippen MR) is 70.4 cm³/mol. The van der Waals surface area contributed by atoms with E-state index < -0.39 is 0 Å². The lowest BCUT2D eigenvalue weighted by Crippen LogP contribution is -2.48. The molecule has 0 aromatic carbocycles. The van der Waals surface area contributed by atoms with Crippen molar-refractivity contribution in [3.05, 3.63) is 22.7 Å². The number of nitrogens with one attached hydrogen (secondary N) is 1. The highest BCUT2D eigenvalue weighted by Gasteiger charge is 2.18. The highest BCUT2D eigenvalue weighted by Crippen LogP contribution is 2.20. The van der Waals surface area contributed by atoms with Crippen LogP contribution in [0.5, 0.6) is 0 Å². The van der Waals surface area contributed by atoms with E-state index in [1.807, 2.05) is 16.8 Å². The quantitative estimate of drug-likeness (QED) is 0.912. The van der Waals surface area contributed by atoms with E-state index in [1.165, 1.54) is 0 Å². The topological polar surface area (TPSA) is 54.2 Å². The highest BCUT2D eigenvalue weighted by molar-refractivity contribution is 7.08. The molecule has 0 radical (unpaired) electrons. The van der Waals surface area contributed by atoms with Crippen molar-refractivity contribution < 1.29 is 4.52 Å². The number of nitrogens with zero attached hydrogens (tertiary/aromatic N) is 3. The number of aromatic nitrogens is 2. The monoisotopic (exact) mass is 264 g/mol. The van der Waals surface area contributed by atoms with Crippen molar-refractivity contribution in [1.82, 2.24) is 20.4 Å². The summed E-state index contributed by atoms with van der Waals surface area (Å²) in [5, 5.41) is 11.5. The van der Waals surface area contributed by atoms with Gasteiger partial charge in [-0.25, -0.2) is 0 Å². The fraction of sp³-hybridized carbons (Fsp3) is 0.500. The zero-order chi connectivity index (χ0) is 12.4. The minimum atomic E-state index is 0.530. The average Bonchev–Trinajstić information content (AvgIpc) is 2.98. The molecule has 0 bridgehead atoms. The second-order valence-electron chi connectivity index (χ2n) is 4.62. The van der Waals surface area contributed by atoms with E-state index in [4.69, 9.17) is 4.52 Å². The molecule has 18 heavy (non-hydrogen) atoms. The van der Waals surface area contributed by atoms with Gasteiger partial charge in [-0.05, 0) is 18.4 Å². The van der Waals surface area contributed by atoms with Crippen LogP contribution >= 0.6 is 11.3 Å². The van der Waals surface area contributed by atoms with Crippen LogP contribution in [0.3, 0.4) is 0 Å². The Bertz CT molecular complexity index is 496. The summed E-state index contributed by atoms with van der Waals surface area (Å²) in [5.41, 5.74) is 1.01. The molecule has 1 saturated heterocycles. The molecule has 2 aromatic rings. The van der Waals surface area contributed by atoms with E-state index in [0.717, 1.165) is 37.6 Å². The Morgan fingerprint density at radius 3 is 3.33 bits per heavy atom. The van der Waals surface area contributed by atoms with Crippen molar-refractivity contribution >= 4 is 11.3 Å². The van der Waals surface area contributed by atoms with E-state index >= 15 is 0 Å². The Kier molecular flexibility index (Phi) is 3.40. The van der Waals surface area contributed by atoms with E-state index in [1.54, 1.807) is 11.3 Å². The van der Waals surface area contributed by atoms with Gasteiger partial charge in [0.25, 0.3) is 5.89 Å². The summed E-state index contributed by atoms with van der Waals surface area (Å²) in [6.45, 7) is 6.05. The standard InChI is InChI=1S/C12H16N4OS/c1-9-6-16(4-3-13-9)7-11-14-12(17-15-11)10-2-5-18-8-10/h2,5,8-9,13H,3-4,6-7H2,1H3. The Labute approximate surface area is 110 Å². The van der Waals surface area contributed by atoms with Crippen molar-refractivity contribution in [3.63, 3.8) is 0 Å². The normalized spacial score (nSPS) is 21.3. The van der Waals surface area contributed by atoms with Gasteiger partial charge in [0.05, 0.1) is 12.1 Å². The van der Waals surface area contributed by atoms with E-state index in [-0.39, 0.29) is 0 Å². The SMILES string of the molecule is CC1CN(Cc2noc(-c3ccsc3)n2)CCN1. The highest BCUT2D eigenvalue weighted by atomic mass is 32.1. The molecular weight excluding hydrogens is 248 g/mol. The zero-order valence-electron chi connectivity index (χ0n) is 10.3. The van der Waals surface area contributed by atoms with Gasteiger partial charge < -0.3 is 9.84 Å². The van der Waals surface area contributed by atoms with E-state index in [0.29, 0.717) is 11.9 Å². The molecule has 5 nitrogen and oxygen atoms in total. The van der Waals surface area contributed by atoms with Gasteiger partial charge in [-0.15, -0.1) is 0 Å². The molecule has 1 aliphatic rings. The predicted octanol–water partition coefficient (Wildman–Crippen LogP) is 1.59. The first-order chi connectivity index (χ1) is 8.81. The number of thiophene rings is 1. The molecule has 6 heteroatoms. The molecule has 3 heterocycles. The molecule has 1 fully saturated rings. The first-order valence-electron chi connectivity index (χ1n) is 6.12. The minimum Gasteiger partial charge on any atom is -0.334 e. The maximum atomic E-state index is 5.28. The van der Waals surface area contributed by atoms with Crippen LogP contribution in [0.15, 0.2) is 21.3 Å². The molecule has 0 spiro atoms. The van der Waals surface area contributed by atoms with Crippen LogP contribution in [-0.2, 0) is 6.54 Å². The van der Waals surface area contributed by atoms with Crippen LogP contribution in [0.2, 0.25) is 0 Å². The summed E-state index contributed by atoms with van der Waals surface area (Å²) < 4.78 is 5.28. The molecule has 1 unspecified atom stereocenters. The molecule has 1 N–H and O–H groups in total. The minimum absolute atomic E-state index is 0.530. The Balaban J connectivity index is 1.66. The lowest BCUT2D eigenvalue weighted by Gasteiger charge is -2.30. The molecule has 1 aliphatic heterocycles. The number of hydrogen-bond donors (Lipinski definition) is 1. The van der Waals surface area contributed by atoms with Crippen LogP contribution < -0.4 is 5.32 Å². The van der Waals surface area contributed by atoms with Crippen molar-refractivity contribution in [2.75, 3.05) is 19.6 Å². The van der Waals surface area contributed by atoms with Gasteiger partial charge >= 0.3 is 0 Å². The average molecular weight is 264 g/mol. The Morgan fingerprint density at radius 2 is 2.56 bits per heavy atom. The molecule has 0 amide bonds. The third-order valence-electron chi connectivity index (χ3n) is 3.05.